The highest BCUT2D eigenvalue weighted by Gasteiger charge is 2.19. The number of ether oxygens (including phenoxy) is 2. The first-order chi connectivity index (χ1) is 9.06. The van der Waals surface area contributed by atoms with E-state index in [4.69, 9.17) is 16.3 Å². The molecule has 4 nitrogen and oxygen atoms in total. The summed E-state index contributed by atoms with van der Waals surface area (Å²) < 4.78 is 23.4. The fraction of sp³-hybridized carbons (Fsp3) is 0.167. The summed E-state index contributed by atoms with van der Waals surface area (Å²) >= 11 is 6.81. The Morgan fingerprint density at radius 3 is 2.74 bits per heavy atom. The van der Waals surface area contributed by atoms with Gasteiger partial charge in [0.25, 0.3) is 0 Å². The average Bonchev–Trinajstić information content (AvgIpc) is 2.79. The molecule has 0 amide bonds. The fourth-order valence-corrected chi connectivity index (χ4v) is 2.66. The number of rotatable bonds is 3. The zero-order valence-corrected chi connectivity index (χ0v) is 11.6. The van der Waals surface area contributed by atoms with Crippen LogP contribution in [-0.2, 0) is 4.74 Å². The first kappa shape index (κ1) is 13.8. The number of hydrogen-bond donors (Lipinski definition) is 0. The Morgan fingerprint density at radius 1 is 1.42 bits per heavy atom. The van der Waals surface area contributed by atoms with Crippen molar-refractivity contribution in [3.05, 3.63) is 34.0 Å². The highest BCUT2D eigenvalue weighted by atomic mass is 35.5. The van der Waals surface area contributed by atoms with Crippen LogP contribution < -0.4 is 4.74 Å². The minimum Gasteiger partial charge on any atom is -0.497 e. The number of carbonyl (C=O) groups is 1. The summed E-state index contributed by atoms with van der Waals surface area (Å²) in [7, 11) is 2.69. The Labute approximate surface area is 117 Å². The van der Waals surface area contributed by atoms with Crippen molar-refractivity contribution < 1.29 is 18.7 Å². The molecule has 0 aliphatic heterocycles. The molecule has 0 atom stereocenters. The van der Waals surface area contributed by atoms with E-state index in [-0.39, 0.29) is 15.6 Å². The van der Waals surface area contributed by atoms with E-state index in [1.54, 1.807) is 6.07 Å². The van der Waals surface area contributed by atoms with Gasteiger partial charge < -0.3 is 9.47 Å². The van der Waals surface area contributed by atoms with Gasteiger partial charge in [0.2, 0.25) is 0 Å². The topological polar surface area (TPSA) is 48.4 Å². The second-order valence-corrected chi connectivity index (χ2v) is 4.83. The van der Waals surface area contributed by atoms with Crippen molar-refractivity contribution in [2.45, 2.75) is 0 Å². The van der Waals surface area contributed by atoms with Crippen molar-refractivity contribution >= 4 is 28.9 Å². The van der Waals surface area contributed by atoms with Crippen LogP contribution in [0.2, 0.25) is 5.15 Å². The molecule has 2 aromatic rings. The van der Waals surface area contributed by atoms with Crippen LogP contribution in [0.4, 0.5) is 4.39 Å². The number of methoxy groups -OCH3 is 2. The summed E-state index contributed by atoms with van der Waals surface area (Å²) in [5, 5.41) is 0.313. The Kier molecular flexibility index (Phi) is 4.01. The number of esters is 1. The van der Waals surface area contributed by atoms with Crippen LogP contribution in [0.1, 0.15) is 9.67 Å². The van der Waals surface area contributed by atoms with Gasteiger partial charge in [0.05, 0.1) is 14.2 Å². The third-order valence-corrected chi connectivity index (χ3v) is 3.82. The molecule has 0 saturated heterocycles. The number of thiazole rings is 1. The number of benzene rings is 1. The first-order valence-electron chi connectivity index (χ1n) is 5.15. The zero-order chi connectivity index (χ0) is 14.0. The lowest BCUT2D eigenvalue weighted by molar-refractivity contribution is 0.0606. The van der Waals surface area contributed by atoms with Gasteiger partial charge in [0, 0.05) is 11.6 Å². The predicted octanol–water partition coefficient (Wildman–Crippen LogP) is 3.40. The lowest BCUT2D eigenvalue weighted by Gasteiger charge is -2.02. The molecule has 0 unspecified atom stereocenters. The number of carbonyl (C=O) groups excluding carboxylic acids is 1. The van der Waals surface area contributed by atoms with Crippen LogP contribution in [0.15, 0.2) is 18.2 Å². The monoisotopic (exact) mass is 301 g/mol. The van der Waals surface area contributed by atoms with Crippen molar-refractivity contribution in [3.8, 4) is 16.3 Å². The zero-order valence-electron chi connectivity index (χ0n) is 10.1. The molecule has 0 aliphatic rings. The minimum atomic E-state index is -0.595. The molecule has 0 fully saturated rings. The maximum absolute atomic E-state index is 13.9. The van der Waals surface area contributed by atoms with E-state index in [9.17, 15) is 9.18 Å². The van der Waals surface area contributed by atoms with Crippen molar-refractivity contribution in [1.29, 1.82) is 0 Å². The molecule has 0 radical (unpaired) electrons. The van der Waals surface area contributed by atoms with E-state index in [0.29, 0.717) is 10.8 Å². The quantitative estimate of drug-likeness (QED) is 0.815. The number of hydrogen-bond acceptors (Lipinski definition) is 5. The van der Waals surface area contributed by atoms with Crippen LogP contribution >= 0.6 is 22.9 Å². The lowest BCUT2D eigenvalue weighted by Crippen LogP contribution is -1.98. The molecule has 0 spiro atoms. The molecule has 100 valence electrons. The summed E-state index contributed by atoms with van der Waals surface area (Å²) in [6.45, 7) is 0. The molecule has 0 saturated carbocycles. The van der Waals surface area contributed by atoms with E-state index < -0.39 is 11.8 Å². The van der Waals surface area contributed by atoms with Crippen molar-refractivity contribution in [2.24, 2.45) is 0 Å². The Morgan fingerprint density at radius 2 is 2.16 bits per heavy atom. The number of halogens is 2. The second kappa shape index (κ2) is 5.54. The van der Waals surface area contributed by atoms with Gasteiger partial charge in [-0.1, -0.05) is 11.6 Å². The molecule has 0 aliphatic carbocycles. The van der Waals surface area contributed by atoms with Crippen LogP contribution in [0.3, 0.4) is 0 Å². The van der Waals surface area contributed by atoms with Crippen molar-refractivity contribution in [1.82, 2.24) is 4.98 Å². The van der Waals surface area contributed by atoms with Gasteiger partial charge in [-0.15, -0.1) is 11.3 Å². The molecule has 2 rings (SSSR count). The average molecular weight is 302 g/mol. The van der Waals surface area contributed by atoms with E-state index >= 15 is 0 Å². The standard InChI is InChI=1S/C12H9ClFNO3S/c1-17-6-3-4-7(8(14)5-6)11-15-10(13)9(19-11)12(16)18-2/h3-5H,1-2H3. The summed E-state index contributed by atoms with van der Waals surface area (Å²) in [5.74, 6) is -0.694. The maximum Gasteiger partial charge on any atom is 0.351 e. The normalized spacial score (nSPS) is 10.3. The first-order valence-corrected chi connectivity index (χ1v) is 6.34. The SMILES string of the molecule is COC(=O)c1sc(-c2ccc(OC)cc2F)nc1Cl. The maximum atomic E-state index is 13.9. The van der Waals surface area contributed by atoms with E-state index in [0.717, 1.165) is 11.3 Å². The molecular weight excluding hydrogens is 293 g/mol. The molecule has 1 heterocycles. The van der Waals surface area contributed by atoms with Gasteiger partial charge in [-0.2, -0.15) is 0 Å². The van der Waals surface area contributed by atoms with Gasteiger partial charge in [-0.05, 0) is 12.1 Å². The smallest absolute Gasteiger partial charge is 0.351 e. The van der Waals surface area contributed by atoms with Gasteiger partial charge >= 0.3 is 5.97 Å². The van der Waals surface area contributed by atoms with Gasteiger partial charge in [0.15, 0.2) is 10.0 Å². The van der Waals surface area contributed by atoms with Crippen LogP contribution in [0.5, 0.6) is 5.75 Å². The molecule has 1 aromatic carbocycles. The molecule has 1 aromatic heterocycles. The lowest BCUT2D eigenvalue weighted by atomic mass is 10.2. The highest BCUT2D eigenvalue weighted by molar-refractivity contribution is 7.17. The van der Waals surface area contributed by atoms with E-state index in [1.807, 2.05) is 0 Å². The van der Waals surface area contributed by atoms with Crippen LogP contribution in [0, 0.1) is 5.82 Å². The summed E-state index contributed by atoms with van der Waals surface area (Å²) in [6.07, 6.45) is 0. The van der Waals surface area contributed by atoms with E-state index in [2.05, 4.69) is 9.72 Å². The fourth-order valence-electron chi connectivity index (χ4n) is 1.43. The summed E-state index contributed by atoms with van der Waals surface area (Å²) in [5.41, 5.74) is 0.253. The summed E-state index contributed by atoms with van der Waals surface area (Å²) in [4.78, 5) is 15.5. The molecule has 0 bridgehead atoms. The predicted molar refractivity (Wildman–Crippen MR) is 70.4 cm³/mol. The Balaban J connectivity index is 2.45. The third-order valence-electron chi connectivity index (χ3n) is 2.36. The van der Waals surface area contributed by atoms with Crippen LogP contribution in [0.25, 0.3) is 10.6 Å². The second-order valence-electron chi connectivity index (χ2n) is 3.48. The largest absolute Gasteiger partial charge is 0.497 e. The van der Waals surface area contributed by atoms with Crippen molar-refractivity contribution in [3.63, 3.8) is 0 Å². The molecule has 0 N–H and O–H groups in total. The number of aromatic nitrogens is 1. The highest BCUT2D eigenvalue weighted by Crippen LogP contribution is 2.33. The van der Waals surface area contributed by atoms with Crippen molar-refractivity contribution in [2.75, 3.05) is 14.2 Å². The van der Waals surface area contributed by atoms with Crippen LogP contribution in [-0.4, -0.2) is 25.2 Å². The van der Waals surface area contributed by atoms with E-state index in [1.165, 1.54) is 26.4 Å². The van der Waals surface area contributed by atoms with Gasteiger partial charge in [-0.25, -0.2) is 14.2 Å². The van der Waals surface area contributed by atoms with Gasteiger partial charge in [-0.3, -0.25) is 0 Å². The van der Waals surface area contributed by atoms with Gasteiger partial charge in [0.1, 0.15) is 16.6 Å². The molecular formula is C12H9ClFNO3S. The Hall–Kier alpha value is -1.66. The number of nitrogens with zero attached hydrogens (tertiary/aromatic N) is 1. The minimum absolute atomic E-state index is 0.00191. The Bertz CT molecular complexity index is 629. The third kappa shape index (κ3) is 2.69. The summed E-state index contributed by atoms with van der Waals surface area (Å²) in [6, 6.07) is 4.36. The molecule has 19 heavy (non-hydrogen) atoms. The molecule has 7 heteroatoms.